The summed E-state index contributed by atoms with van der Waals surface area (Å²) in [5.74, 6) is 5.64. The maximum atomic E-state index is 5.58. The highest BCUT2D eigenvalue weighted by atomic mass is 16.7. The Morgan fingerprint density at radius 2 is 2.46 bits per heavy atom. The average Bonchev–Trinajstić information content (AvgIpc) is 2.17. The molecule has 1 aliphatic rings. The lowest BCUT2D eigenvalue weighted by Gasteiger charge is -2.24. The van der Waals surface area contributed by atoms with Crippen LogP contribution in [0, 0.1) is 5.92 Å². The van der Waals surface area contributed by atoms with Gasteiger partial charge in [0.1, 0.15) is 0 Å². The molecule has 78 valence electrons. The minimum absolute atomic E-state index is 0.0222. The molecule has 4 heteroatoms. The Morgan fingerprint density at radius 3 is 3.08 bits per heavy atom. The maximum absolute atomic E-state index is 5.58. The van der Waals surface area contributed by atoms with Gasteiger partial charge in [-0.25, -0.2) is 0 Å². The van der Waals surface area contributed by atoms with Crippen molar-refractivity contribution in [2.45, 2.75) is 32.5 Å². The lowest BCUT2D eigenvalue weighted by atomic mass is 10.2. The second kappa shape index (κ2) is 6.32. The standard InChI is InChI=1S/C9H20N2O2/c1-8(6-11-10)7-13-9-4-2-3-5-12-9/h8-9,11H,2-7,10H2,1H3. The highest BCUT2D eigenvalue weighted by molar-refractivity contribution is 4.57. The Bertz CT molecular complexity index is 127. The molecule has 2 atom stereocenters. The Hall–Kier alpha value is -0.160. The van der Waals surface area contributed by atoms with Gasteiger partial charge >= 0.3 is 0 Å². The van der Waals surface area contributed by atoms with Gasteiger partial charge in [0.05, 0.1) is 6.61 Å². The quantitative estimate of drug-likeness (QED) is 0.491. The van der Waals surface area contributed by atoms with E-state index >= 15 is 0 Å². The molecule has 1 aliphatic heterocycles. The minimum atomic E-state index is 0.0222. The topological polar surface area (TPSA) is 56.5 Å². The van der Waals surface area contributed by atoms with Gasteiger partial charge in [0.25, 0.3) is 0 Å². The summed E-state index contributed by atoms with van der Waals surface area (Å²) in [4.78, 5) is 0. The van der Waals surface area contributed by atoms with Gasteiger partial charge in [0, 0.05) is 13.2 Å². The second-order valence-electron chi connectivity index (χ2n) is 3.64. The molecule has 0 aromatic carbocycles. The number of nitrogens with two attached hydrogens (primary N) is 1. The van der Waals surface area contributed by atoms with Gasteiger partial charge in [-0.3, -0.25) is 11.3 Å². The van der Waals surface area contributed by atoms with Crippen LogP contribution < -0.4 is 11.3 Å². The summed E-state index contributed by atoms with van der Waals surface area (Å²) in [6, 6.07) is 0. The van der Waals surface area contributed by atoms with E-state index in [2.05, 4.69) is 12.3 Å². The van der Waals surface area contributed by atoms with Gasteiger partial charge in [0.2, 0.25) is 0 Å². The van der Waals surface area contributed by atoms with Crippen LogP contribution in [0.5, 0.6) is 0 Å². The summed E-state index contributed by atoms with van der Waals surface area (Å²) in [6.07, 6.45) is 3.44. The fraction of sp³-hybridized carbons (Fsp3) is 1.00. The smallest absolute Gasteiger partial charge is 0.157 e. The highest BCUT2D eigenvalue weighted by Crippen LogP contribution is 2.14. The predicted molar refractivity (Wildman–Crippen MR) is 50.9 cm³/mol. The number of hydrogen-bond acceptors (Lipinski definition) is 4. The van der Waals surface area contributed by atoms with Crippen LogP contribution in [-0.4, -0.2) is 26.0 Å². The third kappa shape index (κ3) is 4.57. The third-order valence-corrected chi connectivity index (χ3v) is 2.17. The maximum Gasteiger partial charge on any atom is 0.157 e. The van der Waals surface area contributed by atoms with Crippen LogP contribution in [0.15, 0.2) is 0 Å². The van der Waals surface area contributed by atoms with E-state index in [0.717, 1.165) is 26.2 Å². The van der Waals surface area contributed by atoms with Crippen molar-refractivity contribution in [3.05, 3.63) is 0 Å². The van der Waals surface area contributed by atoms with Crippen molar-refractivity contribution >= 4 is 0 Å². The number of nitrogens with one attached hydrogen (secondary N) is 1. The summed E-state index contributed by atoms with van der Waals surface area (Å²) in [5.41, 5.74) is 2.63. The van der Waals surface area contributed by atoms with Crippen LogP contribution in [-0.2, 0) is 9.47 Å². The molecule has 0 aromatic rings. The van der Waals surface area contributed by atoms with Crippen LogP contribution in [0.2, 0.25) is 0 Å². The summed E-state index contributed by atoms with van der Waals surface area (Å²) >= 11 is 0. The monoisotopic (exact) mass is 188 g/mol. The molecule has 0 aromatic heterocycles. The molecule has 1 saturated heterocycles. The van der Waals surface area contributed by atoms with E-state index in [1.54, 1.807) is 0 Å². The molecule has 1 fully saturated rings. The van der Waals surface area contributed by atoms with Gasteiger partial charge in [0.15, 0.2) is 6.29 Å². The number of hydrazine groups is 1. The molecular weight excluding hydrogens is 168 g/mol. The van der Waals surface area contributed by atoms with Gasteiger partial charge in [-0.05, 0) is 25.2 Å². The zero-order valence-corrected chi connectivity index (χ0v) is 8.29. The zero-order chi connectivity index (χ0) is 9.52. The van der Waals surface area contributed by atoms with E-state index in [1.807, 2.05) is 0 Å². The molecule has 0 bridgehead atoms. The first-order chi connectivity index (χ1) is 6.33. The molecule has 0 aliphatic carbocycles. The lowest BCUT2D eigenvalue weighted by molar-refractivity contribution is -0.167. The molecule has 3 N–H and O–H groups in total. The van der Waals surface area contributed by atoms with Crippen molar-refractivity contribution in [2.75, 3.05) is 19.8 Å². The normalized spacial score (nSPS) is 25.8. The first-order valence-electron chi connectivity index (χ1n) is 4.99. The van der Waals surface area contributed by atoms with Crippen molar-refractivity contribution in [3.63, 3.8) is 0 Å². The molecule has 4 nitrogen and oxygen atoms in total. The summed E-state index contributed by atoms with van der Waals surface area (Å²) in [5, 5.41) is 0. The number of ether oxygens (including phenoxy) is 2. The molecule has 2 unspecified atom stereocenters. The number of rotatable bonds is 5. The van der Waals surface area contributed by atoms with Crippen molar-refractivity contribution in [3.8, 4) is 0 Å². The van der Waals surface area contributed by atoms with Crippen molar-refractivity contribution < 1.29 is 9.47 Å². The second-order valence-corrected chi connectivity index (χ2v) is 3.64. The van der Waals surface area contributed by atoms with Crippen LogP contribution in [0.25, 0.3) is 0 Å². The van der Waals surface area contributed by atoms with Crippen molar-refractivity contribution in [1.82, 2.24) is 5.43 Å². The molecule has 0 spiro atoms. The van der Waals surface area contributed by atoms with Crippen LogP contribution in [0.4, 0.5) is 0 Å². The van der Waals surface area contributed by atoms with Crippen molar-refractivity contribution in [1.29, 1.82) is 0 Å². The number of hydrogen-bond donors (Lipinski definition) is 2. The van der Waals surface area contributed by atoms with E-state index in [9.17, 15) is 0 Å². The van der Waals surface area contributed by atoms with Gasteiger partial charge in [-0.1, -0.05) is 6.92 Å². The summed E-state index contributed by atoms with van der Waals surface area (Å²) in [6.45, 7) is 4.44. The van der Waals surface area contributed by atoms with Crippen LogP contribution in [0.3, 0.4) is 0 Å². The largest absolute Gasteiger partial charge is 0.353 e. The highest BCUT2D eigenvalue weighted by Gasteiger charge is 2.14. The van der Waals surface area contributed by atoms with Crippen molar-refractivity contribution in [2.24, 2.45) is 11.8 Å². The van der Waals surface area contributed by atoms with Crippen LogP contribution in [0.1, 0.15) is 26.2 Å². The predicted octanol–water partition coefficient (Wildman–Crippen LogP) is 0.629. The SMILES string of the molecule is CC(CNN)COC1CCCCO1. The Labute approximate surface area is 79.7 Å². The fourth-order valence-corrected chi connectivity index (χ4v) is 1.37. The summed E-state index contributed by atoms with van der Waals surface area (Å²) < 4.78 is 11.0. The minimum Gasteiger partial charge on any atom is -0.353 e. The molecule has 1 rings (SSSR count). The third-order valence-electron chi connectivity index (χ3n) is 2.17. The molecule has 13 heavy (non-hydrogen) atoms. The van der Waals surface area contributed by atoms with E-state index in [-0.39, 0.29) is 6.29 Å². The van der Waals surface area contributed by atoms with Gasteiger partial charge in [-0.15, -0.1) is 0 Å². The molecular formula is C9H20N2O2. The fourth-order valence-electron chi connectivity index (χ4n) is 1.37. The first kappa shape index (κ1) is 10.9. The first-order valence-corrected chi connectivity index (χ1v) is 4.99. The molecule has 0 radical (unpaired) electrons. The van der Waals surface area contributed by atoms with Gasteiger partial charge in [-0.2, -0.15) is 0 Å². The summed E-state index contributed by atoms with van der Waals surface area (Å²) in [7, 11) is 0. The lowest BCUT2D eigenvalue weighted by Crippen LogP contribution is -2.31. The van der Waals surface area contributed by atoms with E-state index in [0.29, 0.717) is 5.92 Å². The zero-order valence-electron chi connectivity index (χ0n) is 8.29. The molecule has 0 saturated carbocycles. The molecule has 1 heterocycles. The van der Waals surface area contributed by atoms with Gasteiger partial charge < -0.3 is 9.47 Å². The van der Waals surface area contributed by atoms with Crippen LogP contribution >= 0.6 is 0 Å². The average molecular weight is 188 g/mol. The molecule has 0 amide bonds. The van der Waals surface area contributed by atoms with E-state index in [1.165, 1.54) is 12.8 Å². The Balaban J connectivity index is 2.03. The van der Waals surface area contributed by atoms with E-state index < -0.39 is 0 Å². The Kier molecular flexibility index (Phi) is 5.31. The Morgan fingerprint density at radius 1 is 1.62 bits per heavy atom. The van der Waals surface area contributed by atoms with E-state index in [4.69, 9.17) is 15.3 Å².